The molecular formula is C13H24IN3O. The lowest BCUT2D eigenvalue weighted by molar-refractivity contribution is 0.0992. The van der Waals surface area contributed by atoms with Gasteiger partial charge in [-0.2, -0.15) is 0 Å². The average Bonchev–Trinajstić information content (AvgIpc) is 2.75. The zero-order valence-corrected chi connectivity index (χ0v) is 13.5. The van der Waals surface area contributed by atoms with E-state index in [4.69, 9.17) is 4.74 Å². The van der Waals surface area contributed by atoms with Gasteiger partial charge in [-0.05, 0) is 38.5 Å². The van der Waals surface area contributed by atoms with Crippen molar-refractivity contribution >= 4 is 29.9 Å². The third kappa shape index (κ3) is 3.10. The maximum atomic E-state index is 5.86. The number of nitrogens with zero attached hydrogens (tertiary/aromatic N) is 1. The van der Waals surface area contributed by atoms with Crippen LogP contribution < -0.4 is 10.6 Å². The highest BCUT2D eigenvalue weighted by Gasteiger charge is 2.41. The molecule has 2 N–H and O–H groups in total. The van der Waals surface area contributed by atoms with Crippen molar-refractivity contribution in [3.63, 3.8) is 0 Å². The Morgan fingerprint density at radius 3 is 2.44 bits per heavy atom. The number of hydrogen-bond donors (Lipinski definition) is 2. The van der Waals surface area contributed by atoms with Crippen LogP contribution in [0.1, 0.15) is 39.5 Å². The van der Waals surface area contributed by atoms with E-state index in [2.05, 4.69) is 29.5 Å². The van der Waals surface area contributed by atoms with Crippen LogP contribution in [-0.4, -0.2) is 36.8 Å². The minimum atomic E-state index is 0. The van der Waals surface area contributed by atoms with Gasteiger partial charge in [-0.25, -0.2) is 0 Å². The van der Waals surface area contributed by atoms with E-state index in [0.29, 0.717) is 24.3 Å². The number of aliphatic imine (C=N–C) groups is 1. The highest BCUT2D eigenvalue weighted by Crippen LogP contribution is 2.34. The maximum absolute atomic E-state index is 5.86. The van der Waals surface area contributed by atoms with Crippen LogP contribution in [0, 0.1) is 5.92 Å². The number of hydrogen-bond acceptors (Lipinski definition) is 2. The molecule has 0 aromatic rings. The molecule has 5 atom stereocenters. The normalized spacial score (nSPS) is 41.4. The lowest BCUT2D eigenvalue weighted by atomic mass is 9.96. The molecule has 2 saturated heterocycles. The van der Waals surface area contributed by atoms with Gasteiger partial charge in [0.1, 0.15) is 0 Å². The zero-order valence-electron chi connectivity index (χ0n) is 11.2. The van der Waals surface area contributed by atoms with Crippen LogP contribution in [0.3, 0.4) is 0 Å². The van der Waals surface area contributed by atoms with Crippen LogP contribution in [0.25, 0.3) is 0 Å². The van der Waals surface area contributed by atoms with Gasteiger partial charge in [0.15, 0.2) is 5.96 Å². The van der Waals surface area contributed by atoms with Crippen LogP contribution in [0.15, 0.2) is 4.99 Å². The molecule has 0 spiro atoms. The zero-order chi connectivity index (χ0) is 11.8. The Hall–Kier alpha value is -0.0400. The third-order valence-electron chi connectivity index (χ3n) is 4.18. The van der Waals surface area contributed by atoms with Crippen molar-refractivity contribution in [3.05, 3.63) is 0 Å². The highest BCUT2D eigenvalue weighted by atomic mass is 127. The Balaban J connectivity index is 0.00000120. The van der Waals surface area contributed by atoms with E-state index < -0.39 is 0 Å². The second kappa shape index (κ2) is 5.94. The third-order valence-corrected chi connectivity index (χ3v) is 4.18. The summed E-state index contributed by atoms with van der Waals surface area (Å²) in [6, 6.07) is 1.10. The number of ether oxygens (including phenoxy) is 1. The molecule has 1 saturated carbocycles. The molecule has 4 nitrogen and oxygen atoms in total. The van der Waals surface area contributed by atoms with E-state index >= 15 is 0 Å². The summed E-state index contributed by atoms with van der Waals surface area (Å²) in [6.07, 6.45) is 5.80. The van der Waals surface area contributed by atoms with E-state index in [9.17, 15) is 0 Å². The molecule has 5 heteroatoms. The van der Waals surface area contributed by atoms with E-state index in [1.807, 2.05) is 0 Å². The van der Waals surface area contributed by atoms with E-state index in [0.717, 1.165) is 24.8 Å². The van der Waals surface area contributed by atoms with Gasteiger partial charge in [-0.15, -0.1) is 24.0 Å². The summed E-state index contributed by atoms with van der Waals surface area (Å²) in [5, 5.41) is 7.07. The lowest BCUT2D eigenvalue weighted by Crippen LogP contribution is -2.48. The number of guanidine groups is 1. The predicted octanol–water partition coefficient (Wildman–Crippen LogP) is 1.89. The standard InChI is InChI=1S/C13H23N3O.HI/c1-3-14-13(15-10-6-8(10)2)16-11-7-9-4-5-12(11)17-9;/h8-12H,3-7H2,1-2H3,(H2,14,15,16);1H. The predicted molar refractivity (Wildman–Crippen MR) is 83.5 cm³/mol. The minimum Gasteiger partial charge on any atom is -0.373 e. The molecular weight excluding hydrogens is 341 g/mol. The van der Waals surface area contributed by atoms with Crippen LogP contribution in [-0.2, 0) is 4.74 Å². The quantitative estimate of drug-likeness (QED) is 0.456. The number of fused-ring (bicyclic) bond motifs is 2. The second-order valence-electron chi connectivity index (χ2n) is 5.65. The summed E-state index contributed by atoms with van der Waals surface area (Å²) < 4.78 is 5.86. The van der Waals surface area contributed by atoms with Crippen LogP contribution in [0.4, 0.5) is 0 Å². The van der Waals surface area contributed by atoms with Gasteiger partial charge in [0.25, 0.3) is 0 Å². The summed E-state index contributed by atoms with van der Waals surface area (Å²) in [6.45, 7) is 5.19. The Morgan fingerprint density at radius 1 is 1.22 bits per heavy atom. The van der Waals surface area contributed by atoms with Crippen LogP contribution in [0.5, 0.6) is 0 Å². The minimum absolute atomic E-state index is 0. The first-order valence-corrected chi connectivity index (χ1v) is 6.99. The fraction of sp³-hybridized carbons (Fsp3) is 0.923. The van der Waals surface area contributed by atoms with Crippen molar-refractivity contribution in [2.45, 2.75) is 63.8 Å². The van der Waals surface area contributed by atoms with Crippen molar-refractivity contribution in [2.24, 2.45) is 10.9 Å². The highest BCUT2D eigenvalue weighted by molar-refractivity contribution is 14.0. The molecule has 0 radical (unpaired) electrons. The van der Waals surface area contributed by atoms with E-state index in [-0.39, 0.29) is 24.0 Å². The Morgan fingerprint density at radius 2 is 1.94 bits per heavy atom. The van der Waals surface area contributed by atoms with Gasteiger partial charge < -0.3 is 15.4 Å². The smallest absolute Gasteiger partial charge is 0.191 e. The molecule has 104 valence electrons. The average molecular weight is 365 g/mol. The topological polar surface area (TPSA) is 45.7 Å². The fourth-order valence-electron chi connectivity index (χ4n) is 2.96. The molecule has 1 aliphatic carbocycles. The number of nitrogens with one attached hydrogen (secondary N) is 2. The van der Waals surface area contributed by atoms with Gasteiger partial charge >= 0.3 is 0 Å². The number of halogens is 1. The monoisotopic (exact) mass is 365 g/mol. The molecule has 2 bridgehead atoms. The van der Waals surface area contributed by atoms with Crippen molar-refractivity contribution < 1.29 is 4.74 Å². The van der Waals surface area contributed by atoms with Gasteiger partial charge in [0.2, 0.25) is 0 Å². The lowest BCUT2D eigenvalue weighted by Gasteiger charge is -2.23. The number of rotatable bonds is 3. The molecule has 2 aliphatic heterocycles. The molecule has 3 fully saturated rings. The van der Waals surface area contributed by atoms with Crippen molar-refractivity contribution in [1.82, 2.24) is 10.6 Å². The first-order valence-electron chi connectivity index (χ1n) is 6.99. The molecule has 18 heavy (non-hydrogen) atoms. The molecule has 3 rings (SSSR count). The van der Waals surface area contributed by atoms with E-state index in [1.54, 1.807) is 0 Å². The van der Waals surface area contributed by atoms with Crippen LogP contribution in [0.2, 0.25) is 0 Å². The molecule has 0 aromatic carbocycles. The summed E-state index contributed by atoms with van der Waals surface area (Å²) >= 11 is 0. The Labute approximate surface area is 126 Å². The molecule has 0 aromatic heterocycles. The summed E-state index contributed by atoms with van der Waals surface area (Å²) in [5.74, 6) is 1.79. The second-order valence-corrected chi connectivity index (χ2v) is 5.65. The maximum Gasteiger partial charge on any atom is 0.191 e. The van der Waals surface area contributed by atoms with Crippen molar-refractivity contribution in [1.29, 1.82) is 0 Å². The molecule has 0 amide bonds. The summed E-state index contributed by atoms with van der Waals surface area (Å²) in [5.41, 5.74) is 0. The SMILES string of the molecule is CCN=C(NC1CC1C)NC1CC2CCC1O2.I. The first kappa shape index (κ1) is 14.4. The van der Waals surface area contributed by atoms with Gasteiger partial charge in [-0.1, -0.05) is 6.92 Å². The van der Waals surface area contributed by atoms with Crippen molar-refractivity contribution in [2.75, 3.05) is 6.54 Å². The first-order chi connectivity index (χ1) is 8.26. The molecule has 2 heterocycles. The fourth-order valence-corrected chi connectivity index (χ4v) is 2.96. The van der Waals surface area contributed by atoms with Crippen LogP contribution >= 0.6 is 24.0 Å². The van der Waals surface area contributed by atoms with Gasteiger partial charge in [0, 0.05) is 12.6 Å². The Bertz CT molecular complexity index is 323. The molecule has 5 unspecified atom stereocenters. The van der Waals surface area contributed by atoms with Gasteiger partial charge in [-0.3, -0.25) is 4.99 Å². The summed E-state index contributed by atoms with van der Waals surface area (Å²) in [7, 11) is 0. The van der Waals surface area contributed by atoms with Gasteiger partial charge in [0.05, 0.1) is 18.2 Å². The molecule has 3 aliphatic rings. The Kier molecular flexibility index (Phi) is 4.75. The largest absolute Gasteiger partial charge is 0.373 e. The van der Waals surface area contributed by atoms with Crippen molar-refractivity contribution in [3.8, 4) is 0 Å². The van der Waals surface area contributed by atoms with E-state index in [1.165, 1.54) is 19.3 Å². The summed E-state index contributed by atoms with van der Waals surface area (Å²) in [4.78, 5) is 4.52.